The minimum Gasteiger partial charge on any atom is -0.490 e. The van der Waals surface area contributed by atoms with Gasteiger partial charge in [-0.1, -0.05) is 22.9 Å². The average Bonchev–Trinajstić information content (AvgIpc) is 3.45. The predicted octanol–water partition coefficient (Wildman–Crippen LogP) is 3.29. The highest BCUT2D eigenvalue weighted by molar-refractivity contribution is 7.18. The van der Waals surface area contributed by atoms with Crippen LogP contribution in [0.25, 0.3) is 11.4 Å². The monoisotopic (exact) mass is 469 g/mol. The first-order valence-electron chi connectivity index (χ1n) is 9.90. The van der Waals surface area contributed by atoms with Crippen LogP contribution in [-0.4, -0.2) is 38.5 Å². The van der Waals surface area contributed by atoms with Crippen molar-refractivity contribution in [3.05, 3.63) is 86.2 Å². The molecule has 2 N–H and O–H groups in total. The van der Waals surface area contributed by atoms with Crippen molar-refractivity contribution in [3.8, 4) is 17.1 Å². The standard InChI is InChI=1S/C22H20ClN5O3S/c23-21-9-8-20(32-21)18(29)7-4-15-14-28(26-25-15)17-6-5-16(13-19(17)31-12-10-24)27-11-2-1-3-22(27)30/h1-3,5-6,8-9,11,13-14H,4,7,10,12,24H2. The van der Waals surface area contributed by atoms with Crippen LogP contribution in [0.5, 0.6) is 5.75 Å². The molecule has 0 aliphatic carbocycles. The molecule has 0 saturated carbocycles. The molecule has 0 aliphatic rings. The van der Waals surface area contributed by atoms with Crippen molar-refractivity contribution in [3.63, 3.8) is 0 Å². The van der Waals surface area contributed by atoms with E-state index < -0.39 is 0 Å². The third-order valence-electron chi connectivity index (χ3n) is 4.66. The second kappa shape index (κ2) is 9.90. The lowest BCUT2D eigenvalue weighted by molar-refractivity contribution is 0.0986. The van der Waals surface area contributed by atoms with Gasteiger partial charge in [0, 0.05) is 37.7 Å². The van der Waals surface area contributed by atoms with E-state index in [1.165, 1.54) is 22.0 Å². The number of Topliss-reactive ketones (excluding diaryl/α,β-unsaturated/α-hetero) is 1. The minimum atomic E-state index is -0.148. The Morgan fingerprint density at radius 1 is 1.19 bits per heavy atom. The molecule has 164 valence electrons. The largest absolute Gasteiger partial charge is 0.490 e. The van der Waals surface area contributed by atoms with Crippen molar-refractivity contribution in [2.24, 2.45) is 5.73 Å². The number of thiophene rings is 1. The van der Waals surface area contributed by atoms with Gasteiger partial charge in [0.1, 0.15) is 18.0 Å². The van der Waals surface area contributed by atoms with Gasteiger partial charge in [-0.25, -0.2) is 4.68 Å². The topological polar surface area (TPSA) is 105 Å². The Balaban J connectivity index is 1.56. The number of halogens is 1. The molecule has 0 spiro atoms. The van der Waals surface area contributed by atoms with E-state index in [0.29, 0.717) is 58.0 Å². The quantitative estimate of drug-likeness (QED) is 0.377. The van der Waals surface area contributed by atoms with Gasteiger partial charge in [0.05, 0.1) is 26.8 Å². The van der Waals surface area contributed by atoms with Crippen molar-refractivity contribution >= 4 is 28.7 Å². The molecule has 0 fully saturated rings. The third kappa shape index (κ3) is 4.96. The van der Waals surface area contributed by atoms with E-state index in [0.717, 1.165) is 0 Å². The summed E-state index contributed by atoms with van der Waals surface area (Å²) in [6, 6.07) is 13.8. The van der Waals surface area contributed by atoms with Gasteiger partial charge in [0.25, 0.3) is 5.56 Å². The molecule has 4 rings (SSSR count). The predicted molar refractivity (Wildman–Crippen MR) is 123 cm³/mol. The maximum Gasteiger partial charge on any atom is 0.255 e. The molecule has 0 saturated heterocycles. The Morgan fingerprint density at radius 2 is 2.06 bits per heavy atom. The lowest BCUT2D eigenvalue weighted by Crippen LogP contribution is -2.16. The SMILES string of the molecule is NCCOc1cc(-n2ccccc2=O)ccc1-n1cc(CCC(=O)c2ccc(Cl)s2)nn1. The molecular weight excluding hydrogens is 450 g/mol. The number of rotatable bonds is 9. The normalized spacial score (nSPS) is 10.9. The van der Waals surface area contributed by atoms with Gasteiger partial charge in [0.2, 0.25) is 0 Å². The van der Waals surface area contributed by atoms with Gasteiger partial charge in [-0.3, -0.25) is 14.2 Å². The first-order chi connectivity index (χ1) is 15.5. The lowest BCUT2D eigenvalue weighted by atomic mass is 10.1. The molecule has 0 radical (unpaired) electrons. The molecule has 32 heavy (non-hydrogen) atoms. The fourth-order valence-corrected chi connectivity index (χ4v) is 4.14. The summed E-state index contributed by atoms with van der Waals surface area (Å²) in [5.41, 5.74) is 7.45. The van der Waals surface area contributed by atoms with Crippen molar-refractivity contribution in [2.45, 2.75) is 12.8 Å². The van der Waals surface area contributed by atoms with Crippen LogP contribution in [0, 0.1) is 0 Å². The van der Waals surface area contributed by atoms with Gasteiger partial charge >= 0.3 is 0 Å². The molecule has 0 bridgehead atoms. The zero-order chi connectivity index (χ0) is 22.5. The average molecular weight is 470 g/mol. The van der Waals surface area contributed by atoms with E-state index in [9.17, 15) is 9.59 Å². The number of hydrogen-bond donors (Lipinski definition) is 1. The summed E-state index contributed by atoms with van der Waals surface area (Å²) in [7, 11) is 0. The van der Waals surface area contributed by atoms with E-state index >= 15 is 0 Å². The summed E-state index contributed by atoms with van der Waals surface area (Å²) in [5.74, 6) is 0.533. The number of nitrogens with zero attached hydrogens (tertiary/aromatic N) is 4. The molecule has 10 heteroatoms. The Hall–Kier alpha value is -3.27. The lowest BCUT2D eigenvalue weighted by Gasteiger charge is -2.13. The summed E-state index contributed by atoms with van der Waals surface area (Å²) in [5, 5.41) is 8.37. The summed E-state index contributed by atoms with van der Waals surface area (Å²) >= 11 is 7.17. The number of nitrogens with two attached hydrogens (primary N) is 1. The molecule has 0 aliphatic heterocycles. The zero-order valence-electron chi connectivity index (χ0n) is 17.0. The van der Waals surface area contributed by atoms with Crippen LogP contribution in [-0.2, 0) is 6.42 Å². The van der Waals surface area contributed by atoms with Gasteiger partial charge in [-0.2, -0.15) is 0 Å². The van der Waals surface area contributed by atoms with Crippen LogP contribution in [0.15, 0.2) is 65.7 Å². The van der Waals surface area contributed by atoms with E-state index in [-0.39, 0.29) is 11.3 Å². The molecular formula is C22H20ClN5O3S. The summed E-state index contributed by atoms with van der Waals surface area (Å²) < 4.78 is 9.52. The van der Waals surface area contributed by atoms with Crippen molar-refractivity contribution in [1.29, 1.82) is 0 Å². The summed E-state index contributed by atoms with van der Waals surface area (Å²) in [6.07, 6.45) is 4.20. The number of aryl methyl sites for hydroxylation is 1. The molecule has 8 nitrogen and oxygen atoms in total. The Morgan fingerprint density at radius 3 is 2.81 bits per heavy atom. The Kier molecular flexibility index (Phi) is 6.79. The number of ether oxygens (including phenoxy) is 1. The maximum absolute atomic E-state index is 12.3. The van der Waals surface area contributed by atoms with E-state index in [1.54, 1.807) is 59.5 Å². The van der Waals surface area contributed by atoms with Crippen LogP contribution >= 0.6 is 22.9 Å². The van der Waals surface area contributed by atoms with Crippen LogP contribution in [0.1, 0.15) is 21.8 Å². The molecule has 4 aromatic rings. The highest BCUT2D eigenvalue weighted by atomic mass is 35.5. The fourth-order valence-electron chi connectivity index (χ4n) is 3.13. The molecule has 3 heterocycles. The van der Waals surface area contributed by atoms with E-state index in [4.69, 9.17) is 22.1 Å². The number of carbonyl (C=O) groups is 1. The highest BCUT2D eigenvalue weighted by Crippen LogP contribution is 2.26. The molecule has 3 aromatic heterocycles. The third-order valence-corrected chi connectivity index (χ3v) is 5.94. The van der Waals surface area contributed by atoms with Gasteiger partial charge in [0.15, 0.2) is 5.78 Å². The Bertz CT molecular complexity index is 1300. The summed E-state index contributed by atoms with van der Waals surface area (Å²) in [4.78, 5) is 25.1. The first kappa shape index (κ1) is 21.9. The Labute approximate surface area is 192 Å². The molecule has 0 unspecified atom stereocenters. The van der Waals surface area contributed by atoms with Gasteiger partial charge < -0.3 is 10.5 Å². The smallest absolute Gasteiger partial charge is 0.255 e. The van der Waals surface area contributed by atoms with Crippen LogP contribution in [0.2, 0.25) is 4.34 Å². The number of ketones is 1. The van der Waals surface area contributed by atoms with Crippen LogP contribution < -0.4 is 16.0 Å². The van der Waals surface area contributed by atoms with Crippen molar-refractivity contribution < 1.29 is 9.53 Å². The summed E-state index contributed by atoms with van der Waals surface area (Å²) in [6.45, 7) is 0.645. The van der Waals surface area contributed by atoms with Crippen LogP contribution in [0.4, 0.5) is 0 Å². The van der Waals surface area contributed by atoms with Crippen LogP contribution in [0.3, 0.4) is 0 Å². The fraction of sp³-hybridized carbons (Fsp3) is 0.182. The number of benzene rings is 1. The van der Waals surface area contributed by atoms with Gasteiger partial charge in [-0.15, -0.1) is 16.4 Å². The zero-order valence-corrected chi connectivity index (χ0v) is 18.6. The number of carbonyl (C=O) groups excluding carboxylic acids is 1. The first-order valence-corrected chi connectivity index (χ1v) is 11.1. The second-order valence-corrected chi connectivity index (χ2v) is 8.59. The van der Waals surface area contributed by atoms with Crippen molar-refractivity contribution in [1.82, 2.24) is 19.6 Å². The van der Waals surface area contributed by atoms with E-state index in [2.05, 4.69) is 10.3 Å². The maximum atomic E-state index is 12.3. The molecule has 0 atom stereocenters. The number of aromatic nitrogens is 4. The van der Waals surface area contributed by atoms with Gasteiger partial charge in [-0.05, 0) is 30.3 Å². The second-order valence-electron chi connectivity index (χ2n) is 6.88. The minimum absolute atomic E-state index is 0.0149. The molecule has 0 amide bonds. The van der Waals surface area contributed by atoms with E-state index in [1.807, 2.05) is 0 Å². The molecule has 1 aromatic carbocycles. The number of hydrogen-bond acceptors (Lipinski definition) is 7. The number of pyridine rings is 1. The van der Waals surface area contributed by atoms with Crippen molar-refractivity contribution in [2.75, 3.05) is 13.2 Å². The highest BCUT2D eigenvalue weighted by Gasteiger charge is 2.14.